The topological polar surface area (TPSA) is 91.9 Å². The number of morpholine rings is 1. The molecule has 2 aromatic heterocycles. The maximum Gasteiger partial charge on any atom is 0.255 e. The Morgan fingerprint density at radius 2 is 2.11 bits per heavy atom. The minimum atomic E-state index is -0.570. The Morgan fingerprint density at radius 3 is 2.78 bits per heavy atom. The molecule has 8 nitrogen and oxygen atoms in total. The number of carbonyl (C=O) groups excluding carboxylic acids is 1. The van der Waals surface area contributed by atoms with Gasteiger partial charge >= 0.3 is 0 Å². The standard InChI is InChI=1S/C19H24N4O4/c1-13-8-16(27-21-13)9-15-11-23(12-17(15)24)19(25)14-2-3-18(20-10-14)22-4-6-26-7-5-22/h2-3,8,10,15,17,24H,4-7,9,11-12H2,1H3/t15-,17-/m1/s1. The van der Waals surface area contributed by atoms with Gasteiger partial charge in [-0.25, -0.2) is 4.98 Å². The van der Waals surface area contributed by atoms with E-state index in [2.05, 4.69) is 15.0 Å². The summed E-state index contributed by atoms with van der Waals surface area (Å²) in [6.45, 7) is 5.68. The predicted octanol–water partition coefficient (Wildman–Crippen LogP) is 0.890. The van der Waals surface area contributed by atoms with Gasteiger partial charge < -0.3 is 24.2 Å². The van der Waals surface area contributed by atoms with Gasteiger partial charge in [0, 0.05) is 50.8 Å². The molecule has 2 saturated heterocycles. The second-order valence-corrected chi connectivity index (χ2v) is 7.18. The molecule has 0 aliphatic carbocycles. The van der Waals surface area contributed by atoms with E-state index in [0.717, 1.165) is 30.4 Å². The third kappa shape index (κ3) is 3.96. The third-order valence-electron chi connectivity index (χ3n) is 5.16. The molecule has 0 aromatic carbocycles. The molecule has 0 radical (unpaired) electrons. The zero-order valence-electron chi connectivity index (χ0n) is 15.4. The van der Waals surface area contributed by atoms with E-state index in [-0.39, 0.29) is 11.8 Å². The number of likely N-dealkylation sites (tertiary alicyclic amines) is 1. The van der Waals surface area contributed by atoms with Gasteiger partial charge in [0.05, 0.1) is 30.6 Å². The van der Waals surface area contributed by atoms with E-state index in [1.165, 1.54) is 0 Å². The highest BCUT2D eigenvalue weighted by Gasteiger charge is 2.35. The van der Waals surface area contributed by atoms with Gasteiger partial charge in [-0.05, 0) is 19.1 Å². The van der Waals surface area contributed by atoms with Crippen molar-refractivity contribution in [3.05, 3.63) is 41.4 Å². The summed E-state index contributed by atoms with van der Waals surface area (Å²) in [6, 6.07) is 5.55. The van der Waals surface area contributed by atoms with Crippen LogP contribution in [-0.2, 0) is 11.2 Å². The maximum atomic E-state index is 12.8. The van der Waals surface area contributed by atoms with Crippen LogP contribution in [0.3, 0.4) is 0 Å². The fourth-order valence-corrected chi connectivity index (χ4v) is 3.67. The number of hydrogen-bond acceptors (Lipinski definition) is 7. The molecule has 2 aliphatic rings. The van der Waals surface area contributed by atoms with Crippen molar-refractivity contribution in [3.63, 3.8) is 0 Å². The lowest BCUT2D eigenvalue weighted by molar-refractivity contribution is 0.0764. The van der Waals surface area contributed by atoms with E-state index in [9.17, 15) is 9.90 Å². The molecule has 2 atom stereocenters. The van der Waals surface area contributed by atoms with Crippen LogP contribution in [0.25, 0.3) is 0 Å². The molecule has 8 heteroatoms. The normalized spacial score (nSPS) is 23.0. The second kappa shape index (κ2) is 7.66. The number of carbonyl (C=O) groups is 1. The number of pyridine rings is 1. The number of β-amino-alcohol motifs (C(OH)–C–C–N with tert-alkyl or cyclic N) is 1. The molecule has 4 rings (SSSR count). The zero-order chi connectivity index (χ0) is 18.8. The fraction of sp³-hybridized carbons (Fsp3) is 0.526. The van der Waals surface area contributed by atoms with Crippen LogP contribution in [0.15, 0.2) is 28.9 Å². The lowest BCUT2D eigenvalue weighted by atomic mass is 10.0. The molecule has 2 fully saturated rings. The van der Waals surface area contributed by atoms with Gasteiger partial charge in [-0.2, -0.15) is 0 Å². The van der Waals surface area contributed by atoms with Gasteiger partial charge in [0.1, 0.15) is 11.6 Å². The van der Waals surface area contributed by atoms with Crippen molar-refractivity contribution >= 4 is 11.7 Å². The van der Waals surface area contributed by atoms with E-state index in [0.29, 0.717) is 38.3 Å². The molecule has 0 saturated carbocycles. The number of aryl methyl sites for hydroxylation is 1. The first kappa shape index (κ1) is 17.9. The van der Waals surface area contributed by atoms with E-state index in [4.69, 9.17) is 9.26 Å². The first-order chi connectivity index (χ1) is 13.1. The summed E-state index contributed by atoms with van der Waals surface area (Å²) in [6.07, 6.45) is 1.62. The predicted molar refractivity (Wildman–Crippen MR) is 97.6 cm³/mol. The average molecular weight is 372 g/mol. The molecule has 0 unspecified atom stereocenters. The summed E-state index contributed by atoms with van der Waals surface area (Å²) in [7, 11) is 0. The summed E-state index contributed by atoms with van der Waals surface area (Å²) in [4.78, 5) is 21.1. The van der Waals surface area contributed by atoms with Crippen LogP contribution in [0, 0.1) is 12.8 Å². The van der Waals surface area contributed by atoms with E-state index < -0.39 is 6.10 Å². The van der Waals surface area contributed by atoms with Crippen LogP contribution < -0.4 is 4.90 Å². The summed E-state index contributed by atoms with van der Waals surface area (Å²) < 4.78 is 10.6. The van der Waals surface area contributed by atoms with Crippen molar-refractivity contribution in [2.24, 2.45) is 5.92 Å². The Morgan fingerprint density at radius 1 is 1.30 bits per heavy atom. The average Bonchev–Trinajstić information content (AvgIpc) is 3.28. The van der Waals surface area contributed by atoms with Gasteiger partial charge in [0.25, 0.3) is 5.91 Å². The second-order valence-electron chi connectivity index (χ2n) is 7.18. The van der Waals surface area contributed by atoms with Gasteiger partial charge in [-0.1, -0.05) is 5.16 Å². The number of amides is 1. The largest absolute Gasteiger partial charge is 0.391 e. The highest BCUT2D eigenvalue weighted by molar-refractivity contribution is 5.94. The summed E-state index contributed by atoms with van der Waals surface area (Å²) in [5.41, 5.74) is 1.35. The first-order valence-electron chi connectivity index (χ1n) is 9.28. The minimum Gasteiger partial charge on any atom is -0.391 e. The van der Waals surface area contributed by atoms with Crippen LogP contribution >= 0.6 is 0 Å². The monoisotopic (exact) mass is 372 g/mol. The number of rotatable bonds is 4. The third-order valence-corrected chi connectivity index (χ3v) is 5.16. The molecule has 1 N–H and O–H groups in total. The first-order valence-corrected chi connectivity index (χ1v) is 9.28. The Bertz CT molecular complexity index is 785. The van der Waals surface area contributed by atoms with Crippen LogP contribution in [0.5, 0.6) is 0 Å². The highest BCUT2D eigenvalue weighted by Crippen LogP contribution is 2.24. The Hall–Kier alpha value is -2.45. The van der Waals surface area contributed by atoms with Crippen molar-refractivity contribution in [1.82, 2.24) is 15.0 Å². The van der Waals surface area contributed by atoms with Crippen molar-refractivity contribution < 1.29 is 19.2 Å². The van der Waals surface area contributed by atoms with Gasteiger partial charge in [0.2, 0.25) is 0 Å². The zero-order valence-corrected chi connectivity index (χ0v) is 15.4. The van der Waals surface area contributed by atoms with Crippen molar-refractivity contribution in [2.45, 2.75) is 19.4 Å². The molecule has 2 aromatic rings. The molecule has 2 aliphatic heterocycles. The minimum absolute atomic E-state index is 0.0538. The summed E-state index contributed by atoms with van der Waals surface area (Å²) in [5.74, 6) is 1.44. The molecule has 4 heterocycles. The Kier molecular flexibility index (Phi) is 5.09. The quantitative estimate of drug-likeness (QED) is 0.852. The summed E-state index contributed by atoms with van der Waals surface area (Å²) >= 11 is 0. The van der Waals surface area contributed by atoms with Crippen LogP contribution in [0.4, 0.5) is 5.82 Å². The molecule has 1 amide bonds. The van der Waals surface area contributed by atoms with Crippen molar-refractivity contribution in [3.8, 4) is 0 Å². The number of nitrogens with zero attached hydrogens (tertiary/aromatic N) is 4. The molecular formula is C19H24N4O4. The molecule has 0 spiro atoms. The number of aliphatic hydroxyl groups excluding tert-OH is 1. The van der Waals surface area contributed by atoms with E-state index in [1.54, 1.807) is 17.2 Å². The lowest BCUT2D eigenvalue weighted by Gasteiger charge is -2.27. The van der Waals surface area contributed by atoms with Gasteiger partial charge in [-0.3, -0.25) is 4.79 Å². The van der Waals surface area contributed by atoms with E-state index in [1.807, 2.05) is 19.1 Å². The van der Waals surface area contributed by atoms with Gasteiger partial charge in [0.15, 0.2) is 0 Å². The fourth-order valence-electron chi connectivity index (χ4n) is 3.67. The van der Waals surface area contributed by atoms with Crippen LogP contribution in [0.1, 0.15) is 21.8 Å². The smallest absolute Gasteiger partial charge is 0.255 e. The van der Waals surface area contributed by atoms with E-state index >= 15 is 0 Å². The number of aromatic nitrogens is 2. The summed E-state index contributed by atoms with van der Waals surface area (Å²) in [5, 5.41) is 14.2. The van der Waals surface area contributed by atoms with Crippen LogP contribution in [0.2, 0.25) is 0 Å². The number of anilines is 1. The Balaban J connectivity index is 1.39. The van der Waals surface area contributed by atoms with Crippen molar-refractivity contribution in [1.29, 1.82) is 0 Å². The number of ether oxygens (including phenoxy) is 1. The maximum absolute atomic E-state index is 12.8. The lowest BCUT2D eigenvalue weighted by Crippen LogP contribution is -2.36. The molecule has 0 bridgehead atoms. The van der Waals surface area contributed by atoms with Crippen LogP contribution in [-0.4, -0.2) is 71.6 Å². The number of aliphatic hydroxyl groups is 1. The number of hydrogen-bond donors (Lipinski definition) is 1. The molecule has 27 heavy (non-hydrogen) atoms. The molecule has 144 valence electrons. The SMILES string of the molecule is Cc1cc(C[C@@H]2CN(C(=O)c3ccc(N4CCOCC4)nc3)C[C@H]2O)on1. The molecular weight excluding hydrogens is 348 g/mol. The van der Waals surface area contributed by atoms with Crippen molar-refractivity contribution in [2.75, 3.05) is 44.3 Å². The Labute approximate surface area is 157 Å². The van der Waals surface area contributed by atoms with Gasteiger partial charge in [-0.15, -0.1) is 0 Å². The highest BCUT2D eigenvalue weighted by atomic mass is 16.5.